The first-order chi connectivity index (χ1) is 11.2. The van der Waals surface area contributed by atoms with Crippen molar-refractivity contribution >= 4 is 5.97 Å². The molecule has 0 aliphatic carbocycles. The van der Waals surface area contributed by atoms with Crippen LogP contribution in [-0.2, 0) is 9.53 Å². The number of hydrogen-bond donors (Lipinski definition) is 1. The minimum atomic E-state index is -0.0849. The number of carbonyl (C=O) groups excluding carboxylic acids is 1. The van der Waals surface area contributed by atoms with Gasteiger partial charge in [0.05, 0.1) is 6.61 Å². The molecule has 4 nitrogen and oxygen atoms in total. The SMILES string of the molecule is CCCCCCCCCCCCCC(=O)OCCN(C)CCO. The van der Waals surface area contributed by atoms with Gasteiger partial charge in [0.25, 0.3) is 0 Å². The molecule has 0 unspecified atom stereocenters. The summed E-state index contributed by atoms with van der Waals surface area (Å²) >= 11 is 0. The number of unbranched alkanes of at least 4 members (excludes halogenated alkanes) is 10. The Morgan fingerprint density at radius 1 is 0.870 bits per heavy atom. The monoisotopic (exact) mass is 329 g/mol. The maximum absolute atomic E-state index is 11.6. The number of carbonyl (C=O) groups is 1. The van der Waals surface area contributed by atoms with Crippen molar-refractivity contribution in [1.82, 2.24) is 4.90 Å². The van der Waals surface area contributed by atoms with Crippen molar-refractivity contribution in [3.63, 3.8) is 0 Å². The number of aliphatic hydroxyl groups is 1. The predicted molar refractivity (Wildman–Crippen MR) is 96.6 cm³/mol. The zero-order valence-electron chi connectivity index (χ0n) is 15.5. The molecule has 23 heavy (non-hydrogen) atoms. The maximum atomic E-state index is 11.6. The molecule has 1 N–H and O–H groups in total. The predicted octanol–water partition coefficient (Wildman–Crippen LogP) is 4.15. The Morgan fingerprint density at radius 2 is 1.39 bits per heavy atom. The molecule has 0 radical (unpaired) electrons. The van der Waals surface area contributed by atoms with Crippen LogP contribution in [0.15, 0.2) is 0 Å². The van der Waals surface area contributed by atoms with Gasteiger partial charge in [-0.25, -0.2) is 0 Å². The molecule has 0 aromatic heterocycles. The standard InChI is InChI=1S/C19H39NO3/c1-3-4-5-6-7-8-9-10-11-12-13-14-19(22)23-18-16-20(2)15-17-21/h21H,3-18H2,1-2H3. The third-order valence-corrected chi connectivity index (χ3v) is 4.20. The molecule has 4 heteroatoms. The number of nitrogens with zero attached hydrogens (tertiary/aromatic N) is 1. The van der Waals surface area contributed by atoms with Crippen LogP contribution in [0.2, 0.25) is 0 Å². The summed E-state index contributed by atoms with van der Waals surface area (Å²) in [4.78, 5) is 13.5. The Morgan fingerprint density at radius 3 is 1.91 bits per heavy atom. The van der Waals surface area contributed by atoms with E-state index in [0.717, 1.165) is 12.8 Å². The molecular weight excluding hydrogens is 290 g/mol. The lowest BCUT2D eigenvalue weighted by Gasteiger charge is -2.14. The topological polar surface area (TPSA) is 49.8 Å². The van der Waals surface area contributed by atoms with Gasteiger partial charge in [-0.2, -0.15) is 0 Å². The summed E-state index contributed by atoms with van der Waals surface area (Å²) in [7, 11) is 1.91. The van der Waals surface area contributed by atoms with Crippen molar-refractivity contribution < 1.29 is 14.6 Å². The first-order valence-electron chi connectivity index (χ1n) is 9.65. The van der Waals surface area contributed by atoms with Crippen molar-refractivity contribution in [1.29, 1.82) is 0 Å². The quantitative estimate of drug-likeness (QED) is 0.322. The van der Waals surface area contributed by atoms with E-state index in [0.29, 0.717) is 26.1 Å². The summed E-state index contributed by atoms with van der Waals surface area (Å²) in [5, 5.41) is 8.76. The van der Waals surface area contributed by atoms with Gasteiger partial charge in [0.1, 0.15) is 6.61 Å². The lowest BCUT2D eigenvalue weighted by atomic mass is 10.1. The largest absolute Gasteiger partial charge is 0.464 e. The average molecular weight is 330 g/mol. The second-order valence-corrected chi connectivity index (χ2v) is 6.53. The van der Waals surface area contributed by atoms with Crippen LogP contribution in [-0.4, -0.2) is 49.3 Å². The number of likely N-dealkylation sites (N-methyl/N-ethyl adjacent to an activating group) is 1. The van der Waals surface area contributed by atoms with Crippen LogP contribution in [0.1, 0.15) is 84.0 Å². The Hall–Kier alpha value is -0.610. The van der Waals surface area contributed by atoms with Crippen LogP contribution in [0, 0.1) is 0 Å². The highest BCUT2D eigenvalue weighted by molar-refractivity contribution is 5.69. The van der Waals surface area contributed by atoms with E-state index in [9.17, 15) is 4.79 Å². The Kier molecular flexibility index (Phi) is 17.3. The van der Waals surface area contributed by atoms with Gasteiger partial charge < -0.3 is 14.7 Å². The fourth-order valence-electron chi connectivity index (χ4n) is 2.60. The van der Waals surface area contributed by atoms with Crippen molar-refractivity contribution in [3.05, 3.63) is 0 Å². The summed E-state index contributed by atoms with van der Waals surface area (Å²) in [6.07, 6.45) is 14.8. The zero-order chi connectivity index (χ0) is 17.2. The first kappa shape index (κ1) is 22.4. The average Bonchev–Trinajstić information content (AvgIpc) is 2.53. The van der Waals surface area contributed by atoms with Gasteiger partial charge in [0.15, 0.2) is 0 Å². The summed E-state index contributed by atoms with van der Waals surface area (Å²) in [5.74, 6) is -0.0849. The van der Waals surface area contributed by atoms with E-state index in [2.05, 4.69) is 6.92 Å². The minimum Gasteiger partial charge on any atom is -0.464 e. The molecule has 0 saturated carbocycles. The second-order valence-electron chi connectivity index (χ2n) is 6.53. The molecule has 0 aromatic rings. The van der Waals surface area contributed by atoms with Crippen molar-refractivity contribution in [2.24, 2.45) is 0 Å². The van der Waals surface area contributed by atoms with E-state index in [-0.39, 0.29) is 12.6 Å². The van der Waals surface area contributed by atoms with Crippen LogP contribution in [0.4, 0.5) is 0 Å². The second kappa shape index (κ2) is 17.7. The maximum Gasteiger partial charge on any atom is 0.305 e. The van der Waals surface area contributed by atoms with Crippen LogP contribution < -0.4 is 0 Å². The molecule has 0 aromatic carbocycles. The molecule has 0 spiro atoms. The molecular formula is C19H39NO3. The van der Waals surface area contributed by atoms with Crippen LogP contribution in [0.25, 0.3) is 0 Å². The summed E-state index contributed by atoms with van der Waals surface area (Å²) in [6.45, 7) is 4.13. The van der Waals surface area contributed by atoms with Crippen LogP contribution in [0.3, 0.4) is 0 Å². The highest BCUT2D eigenvalue weighted by atomic mass is 16.5. The normalized spacial score (nSPS) is 11.1. The van der Waals surface area contributed by atoms with Gasteiger partial charge in [0.2, 0.25) is 0 Å². The third-order valence-electron chi connectivity index (χ3n) is 4.20. The molecule has 0 atom stereocenters. The number of hydrogen-bond acceptors (Lipinski definition) is 4. The summed E-state index contributed by atoms with van der Waals surface area (Å²) in [5.41, 5.74) is 0. The molecule has 0 heterocycles. The van der Waals surface area contributed by atoms with Crippen molar-refractivity contribution in [3.8, 4) is 0 Å². The third kappa shape index (κ3) is 17.6. The lowest BCUT2D eigenvalue weighted by Crippen LogP contribution is -2.27. The number of aliphatic hydroxyl groups excluding tert-OH is 1. The van der Waals surface area contributed by atoms with E-state index < -0.39 is 0 Å². The van der Waals surface area contributed by atoms with Gasteiger partial charge in [-0.05, 0) is 13.5 Å². The minimum absolute atomic E-state index is 0.0849. The van der Waals surface area contributed by atoms with E-state index in [1.54, 1.807) is 0 Å². The molecule has 0 aliphatic rings. The van der Waals surface area contributed by atoms with E-state index >= 15 is 0 Å². The Bertz CT molecular complexity index is 259. The summed E-state index contributed by atoms with van der Waals surface area (Å²) in [6, 6.07) is 0. The van der Waals surface area contributed by atoms with Gasteiger partial charge in [-0.3, -0.25) is 4.79 Å². The number of rotatable bonds is 17. The Labute approximate surface area is 143 Å². The number of ether oxygens (including phenoxy) is 1. The molecule has 0 saturated heterocycles. The molecule has 138 valence electrons. The molecule has 0 rings (SSSR count). The van der Waals surface area contributed by atoms with Crippen LogP contribution in [0.5, 0.6) is 0 Å². The smallest absolute Gasteiger partial charge is 0.305 e. The highest BCUT2D eigenvalue weighted by Gasteiger charge is 2.04. The van der Waals surface area contributed by atoms with E-state index in [1.165, 1.54) is 57.8 Å². The molecule has 0 fully saturated rings. The first-order valence-corrected chi connectivity index (χ1v) is 9.65. The van der Waals surface area contributed by atoms with Gasteiger partial charge >= 0.3 is 5.97 Å². The fraction of sp³-hybridized carbons (Fsp3) is 0.947. The summed E-state index contributed by atoms with van der Waals surface area (Å²) < 4.78 is 5.19. The number of esters is 1. The Balaban J connectivity index is 3.20. The molecule has 0 aliphatic heterocycles. The molecule has 0 bridgehead atoms. The highest BCUT2D eigenvalue weighted by Crippen LogP contribution is 2.12. The zero-order valence-corrected chi connectivity index (χ0v) is 15.5. The van der Waals surface area contributed by atoms with E-state index in [1.807, 2.05) is 11.9 Å². The van der Waals surface area contributed by atoms with Crippen molar-refractivity contribution in [2.75, 3.05) is 33.4 Å². The van der Waals surface area contributed by atoms with Gasteiger partial charge in [-0.1, -0.05) is 71.1 Å². The van der Waals surface area contributed by atoms with E-state index in [4.69, 9.17) is 9.84 Å². The lowest BCUT2D eigenvalue weighted by molar-refractivity contribution is -0.144. The fourth-order valence-corrected chi connectivity index (χ4v) is 2.60. The van der Waals surface area contributed by atoms with Crippen LogP contribution >= 0.6 is 0 Å². The van der Waals surface area contributed by atoms with Gasteiger partial charge in [-0.15, -0.1) is 0 Å². The van der Waals surface area contributed by atoms with Gasteiger partial charge in [0, 0.05) is 19.5 Å². The molecule has 0 amide bonds. The van der Waals surface area contributed by atoms with Crippen molar-refractivity contribution in [2.45, 2.75) is 84.0 Å².